The second-order valence-corrected chi connectivity index (χ2v) is 8.88. The van der Waals surface area contributed by atoms with E-state index in [2.05, 4.69) is 9.97 Å². The van der Waals surface area contributed by atoms with E-state index in [0.717, 1.165) is 12.1 Å². The van der Waals surface area contributed by atoms with Crippen LogP contribution in [-0.2, 0) is 20.7 Å². The summed E-state index contributed by atoms with van der Waals surface area (Å²) >= 11 is 0. The number of aromatic amines is 1. The van der Waals surface area contributed by atoms with Gasteiger partial charge in [-0.3, -0.25) is 0 Å². The highest BCUT2D eigenvalue weighted by Crippen LogP contribution is 2.22. The molecule has 1 atom stereocenters. The molecule has 0 saturated carbocycles. The Morgan fingerprint density at radius 2 is 1.53 bits per heavy atom. The second kappa shape index (κ2) is 9.20. The zero-order chi connectivity index (χ0) is 24.3. The van der Waals surface area contributed by atoms with Gasteiger partial charge in [-0.1, -0.05) is 0 Å². The predicted molar refractivity (Wildman–Crippen MR) is 110 cm³/mol. The minimum atomic E-state index is -1.60. The number of amides is 2. The maximum Gasteiger partial charge on any atom is 0.420 e. The number of imide groups is 1. The van der Waals surface area contributed by atoms with Crippen molar-refractivity contribution < 1.29 is 38.9 Å². The topological polar surface area (TPSA) is 156 Å². The Kier molecular flexibility index (Phi) is 7.06. The summed E-state index contributed by atoms with van der Waals surface area (Å²) in [4.78, 5) is 51.2. The van der Waals surface area contributed by atoms with Gasteiger partial charge in [0.05, 0.1) is 6.33 Å². The standard InChI is InChI=1S/C20H28N4O8/c1-19(2,3)30-17(28)23(18(29)31-20(4,5)6)13(9-12-10-21-11-22-12)16(27)32-24-14(25)7-8-15(24)26/h7-8,10-11,13,25-26H,9H2,1-6H3,(H,21,22)/t13-/m0/s1. The lowest BCUT2D eigenvalue weighted by Gasteiger charge is -2.32. The number of hydrogen-bond donors (Lipinski definition) is 3. The molecule has 3 N–H and O–H groups in total. The van der Waals surface area contributed by atoms with Crippen molar-refractivity contribution in [1.82, 2.24) is 19.6 Å². The quantitative estimate of drug-likeness (QED) is 0.619. The summed E-state index contributed by atoms with van der Waals surface area (Å²) in [5.41, 5.74) is -1.59. The smallest absolute Gasteiger partial charge is 0.420 e. The molecule has 12 nitrogen and oxygen atoms in total. The van der Waals surface area contributed by atoms with E-state index in [-0.39, 0.29) is 6.42 Å². The number of carbonyl (C=O) groups excluding carboxylic acids is 3. The van der Waals surface area contributed by atoms with Crippen molar-refractivity contribution in [2.24, 2.45) is 0 Å². The molecule has 0 aliphatic rings. The van der Waals surface area contributed by atoms with Crippen molar-refractivity contribution in [3.63, 3.8) is 0 Å². The molecule has 0 saturated heterocycles. The van der Waals surface area contributed by atoms with Crippen molar-refractivity contribution in [3.05, 3.63) is 30.4 Å². The summed E-state index contributed by atoms with van der Waals surface area (Å²) < 4.78 is 11.1. The largest absolute Gasteiger partial charge is 0.492 e. The number of aromatic hydroxyl groups is 2. The number of carbonyl (C=O) groups is 3. The minimum absolute atomic E-state index is 0.236. The zero-order valence-electron chi connectivity index (χ0n) is 18.8. The van der Waals surface area contributed by atoms with E-state index < -0.39 is 47.2 Å². The van der Waals surface area contributed by atoms with E-state index in [0.29, 0.717) is 15.3 Å². The van der Waals surface area contributed by atoms with Gasteiger partial charge >= 0.3 is 18.2 Å². The lowest BCUT2D eigenvalue weighted by molar-refractivity contribution is -0.151. The second-order valence-electron chi connectivity index (χ2n) is 8.88. The maximum absolute atomic E-state index is 13.1. The van der Waals surface area contributed by atoms with Gasteiger partial charge < -0.3 is 29.5 Å². The van der Waals surface area contributed by atoms with Crippen LogP contribution >= 0.6 is 0 Å². The summed E-state index contributed by atoms with van der Waals surface area (Å²) in [5.74, 6) is -2.30. The first-order valence-corrected chi connectivity index (χ1v) is 9.72. The number of H-pyrrole nitrogens is 1. The molecule has 32 heavy (non-hydrogen) atoms. The van der Waals surface area contributed by atoms with Gasteiger partial charge in [-0.25, -0.2) is 19.4 Å². The number of ether oxygens (including phenoxy) is 2. The van der Waals surface area contributed by atoms with Gasteiger partial charge in [-0.05, 0) is 41.5 Å². The van der Waals surface area contributed by atoms with Crippen LogP contribution in [-0.4, -0.2) is 65.2 Å². The monoisotopic (exact) mass is 452 g/mol. The van der Waals surface area contributed by atoms with Crippen molar-refractivity contribution in [2.75, 3.05) is 0 Å². The van der Waals surface area contributed by atoms with Gasteiger partial charge in [0.15, 0.2) is 6.04 Å². The number of rotatable bonds is 5. The van der Waals surface area contributed by atoms with Crippen LogP contribution in [0, 0.1) is 0 Å². The Labute approximate surface area is 184 Å². The Hall–Kier alpha value is -3.70. The zero-order valence-corrected chi connectivity index (χ0v) is 18.8. The number of imidazole rings is 1. The normalized spacial score (nSPS) is 12.7. The van der Waals surface area contributed by atoms with Gasteiger partial charge in [0.1, 0.15) is 11.2 Å². The summed E-state index contributed by atoms with van der Waals surface area (Å²) in [7, 11) is 0. The summed E-state index contributed by atoms with van der Waals surface area (Å²) in [6.45, 7) is 9.56. The van der Waals surface area contributed by atoms with E-state index >= 15 is 0 Å². The van der Waals surface area contributed by atoms with Crippen molar-refractivity contribution >= 4 is 18.2 Å². The van der Waals surface area contributed by atoms with Crippen LogP contribution in [0.15, 0.2) is 24.7 Å². The Balaban J connectivity index is 2.47. The number of nitrogens with one attached hydrogen (secondary N) is 1. The molecule has 0 aliphatic heterocycles. The van der Waals surface area contributed by atoms with Crippen LogP contribution in [0.25, 0.3) is 0 Å². The van der Waals surface area contributed by atoms with Crippen LogP contribution < -0.4 is 4.84 Å². The first-order chi connectivity index (χ1) is 14.7. The Morgan fingerprint density at radius 3 is 1.94 bits per heavy atom. The fraction of sp³-hybridized carbons (Fsp3) is 0.500. The molecule has 0 radical (unpaired) electrons. The van der Waals surface area contributed by atoms with Crippen molar-refractivity contribution in [2.45, 2.75) is 65.2 Å². The first kappa shape index (κ1) is 24.6. The molecule has 0 bridgehead atoms. The molecular formula is C20H28N4O8. The van der Waals surface area contributed by atoms with E-state index in [1.807, 2.05) is 0 Å². The van der Waals surface area contributed by atoms with Crippen LogP contribution in [0.3, 0.4) is 0 Å². The Morgan fingerprint density at radius 1 is 1.03 bits per heavy atom. The van der Waals surface area contributed by atoms with E-state index in [1.54, 1.807) is 41.5 Å². The maximum atomic E-state index is 13.1. The molecule has 12 heteroatoms. The molecule has 0 aromatic carbocycles. The van der Waals surface area contributed by atoms with Crippen molar-refractivity contribution in [1.29, 1.82) is 0 Å². The lowest BCUT2D eigenvalue weighted by Crippen LogP contribution is -2.54. The van der Waals surface area contributed by atoms with Gasteiger partial charge in [0.25, 0.3) is 0 Å². The third-order valence-corrected chi connectivity index (χ3v) is 3.71. The molecule has 176 valence electrons. The molecule has 0 aliphatic carbocycles. The number of aromatic nitrogens is 3. The predicted octanol–water partition coefficient (Wildman–Crippen LogP) is 2.36. The highest BCUT2D eigenvalue weighted by Gasteiger charge is 2.42. The van der Waals surface area contributed by atoms with Gasteiger partial charge in [-0.15, -0.1) is 4.73 Å². The fourth-order valence-electron chi connectivity index (χ4n) is 2.48. The minimum Gasteiger partial charge on any atom is -0.492 e. The Bertz CT molecular complexity index is 906. The van der Waals surface area contributed by atoms with Crippen LogP contribution in [0.5, 0.6) is 11.8 Å². The van der Waals surface area contributed by atoms with Crippen molar-refractivity contribution in [3.8, 4) is 11.8 Å². The molecule has 2 amide bonds. The fourth-order valence-corrected chi connectivity index (χ4v) is 2.48. The number of hydrogen-bond acceptors (Lipinski definition) is 9. The first-order valence-electron chi connectivity index (χ1n) is 9.72. The molecule has 0 spiro atoms. The average molecular weight is 452 g/mol. The molecule has 2 aromatic heterocycles. The van der Waals surface area contributed by atoms with E-state index in [9.17, 15) is 24.6 Å². The van der Waals surface area contributed by atoms with Gasteiger partial charge in [-0.2, -0.15) is 4.90 Å². The third-order valence-electron chi connectivity index (χ3n) is 3.71. The summed E-state index contributed by atoms with van der Waals surface area (Å²) in [5, 5.41) is 19.6. The van der Waals surface area contributed by atoms with Gasteiger partial charge in [0, 0.05) is 30.4 Å². The lowest BCUT2D eigenvalue weighted by atomic mass is 10.1. The number of nitrogens with zero attached hydrogens (tertiary/aromatic N) is 3. The molecule has 2 aromatic rings. The van der Waals surface area contributed by atoms with Crippen LogP contribution in [0.2, 0.25) is 0 Å². The molecule has 0 fully saturated rings. The molecule has 0 unspecified atom stereocenters. The van der Waals surface area contributed by atoms with E-state index in [4.69, 9.17) is 14.3 Å². The highest BCUT2D eigenvalue weighted by atomic mass is 16.7. The summed E-state index contributed by atoms with van der Waals surface area (Å²) in [6.07, 6.45) is 0.225. The highest BCUT2D eigenvalue weighted by molar-refractivity contribution is 5.94. The van der Waals surface area contributed by atoms with E-state index in [1.165, 1.54) is 12.5 Å². The third kappa shape index (κ3) is 6.65. The molecule has 2 rings (SSSR count). The van der Waals surface area contributed by atoms with Crippen LogP contribution in [0.1, 0.15) is 47.2 Å². The summed E-state index contributed by atoms with van der Waals surface area (Å²) in [6, 6.07) is 0.583. The molecule has 2 heterocycles. The SMILES string of the molecule is CC(C)(C)OC(=O)N(C(=O)OC(C)(C)C)[C@@H](Cc1cnc[nH]1)C(=O)On1c(O)ccc1O. The molecular weight excluding hydrogens is 424 g/mol. The average Bonchev–Trinajstić information content (AvgIpc) is 3.23. The van der Waals surface area contributed by atoms with Gasteiger partial charge in [0.2, 0.25) is 11.8 Å². The van der Waals surface area contributed by atoms with Crippen LogP contribution in [0.4, 0.5) is 9.59 Å².